The maximum atomic E-state index is 12.0. The summed E-state index contributed by atoms with van der Waals surface area (Å²) in [6.07, 6.45) is 4.76. The number of Topliss-reactive ketones (excluding diaryl/α,β-unsaturated/α-hetero) is 2. The van der Waals surface area contributed by atoms with Crippen LogP contribution in [0.3, 0.4) is 0 Å². The van der Waals surface area contributed by atoms with E-state index >= 15 is 0 Å². The third-order valence-electron chi connectivity index (χ3n) is 4.19. The molecule has 25 heavy (non-hydrogen) atoms. The first kappa shape index (κ1) is 18.9. The number of hydrogen-bond donors (Lipinski definition) is 0. The van der Waals surface area contributed by atoms with Gasteiger partial charge in [0.1, 0.15) is 17.3 Å². The van der Waals surface area contributed by atoms with E-state index in [2.05, 4.69) is 0 Å². The van der Waals surface area contributed by atoms with Gasteiger partial charge >= 0.3 is 0 Å². The molecule has 0 saturated heterocycles. The van der Waals surface area contributed by atoms with Crippen LogP contribution in [0, 0.1) is 0 Å². The maximum absolute atomic E-state index is 12.0. The Morgan fingerprint density at radius 1 is 0.760 bits per heavy atom. The lowest BCUT2D eigenvalue weighted by atomic mass is 10.0. The zero-order valence-corrected chi connectivity index (χ0v) is 14.9. The highest BCUT2D eigenvalue weighted by atomic mass is 16.5. The van der Waals surface area contributed by atoms with Crippen LogP contribution in [0.4, 0.5) is 0 Å². The van der Waals surface area contributed by atoms with Gasteiger partial charge in [-0.3, -0.25) is 9.59 Å². The summed E-state index contributed by atoms with van der Waals surface area (Å²) in [4.78, 5) is 24.0. The molecule has 132 valence electrons. The molecule has 0 radical (unpaired) electrons. The molecule has 0 saturated carbocycles. The van der Waals surface area contributed by atoms with Crippen LogP contribution in [0.15, 0.2) is 54.6 Å². The Morgan fingerprint density at radius 3 is 2.00 bits per heavy atom. The van der Waals surface area contributed by atoms with Gasteiger partial charge in [0.05, 0.1) is 7.11 Å². The highest BCUT2D eigenvalue weighted by Gasteiger charge is 2.06. The molecule has 3 nitrogen and oxygen atoms in total. The number of hydrogen-bond acceptors (Lipinski definition) is 3. The average molecular weight is 338 g/mol. The number of ketones is 2. The number of carbonyl (C=O) groups excluding carboxylic acids is 2. The summed E-state index contributed by atoms with van der Waals surface area (Å²) in [5.41, 5.74) is 2.06. The van der Waals surface area contributed by atoms with Crippen molar-refractivity contribution in [2.45, 2.75) is 44.9 Å². The van der Waals surface area contributed by atoms with Crippen molar-refractivity contribution in [1.29, 1.82) is 0 Å². The van der Waals surface area contributed by atoms with E-state index in [9.17, 15) is 9.59 Å². The Balaban J connectivity index is 1.59. The minimum absolute atomic E-state index is 0.240. The molecule has 2 aromatic rings. The number of unbranched alkanes of at least 4 members (excludes halogenated alkanes) is 2. The van der Waals surface area contributed by atoms with E-state index in [0.717, 1.165) is 36.1 Å². The Kier molecular flexibility index (Phi) is 7.90. The predicted molar refractivity (Wildman–Crippen MR) is 99.9 cm³/mol. The van der Waals surface area contributed by atoms with Crippen molar-refractivity contribution in [3.05, 3.63) is 65.7 Å². The van der Waals surface area contributed by atoms with Crippen LogP contribution in [0.1, 0.15) is 43.2 Å². The number of methoxy groups -OCH3 is 1. The van der Waals surface area contributed by atoms with E-state index in [1.807, 2.05) is 54.6 Å². The normalized spacial score (nSPS) is 10.4. The molecule has 2 aromatic carbocycles. The van der Waals surface area contributed by atoms with E-state index in [-0.39, 0.29) is 11.6 Å². The second-order valence-corrected chi connectivity index (χ2v) is 6.33. The van der Waals surface area contributed by atoms with Crippen molar-refractivity contribution < 1.29 is 14.3 Å². The van der Waals surface area contributed by atoms with Gasteiger partial charge in [-0.15, -0.1) is 0 Å². The number of ether oxygens (including phenoxy) is 1. The monoisotopic (exact) mass is 338 g/mol. The molecule has 0 atom stereocenters. The third kappa shape index (κ3) is 7.34. The molecule has 0 fully saturated rings. The largest absolute Gasteiger partial charge is 0.497 e. The van der Waals surface area contributed by atoms with Crippen LogP contribution in [-0.4, -0.2) is 18.7 Å². The standard InChI is InChI=1S/C22H26O3/c1-25-22-14-8-11-19(17-22)16-21(24)13-7-3-6-12-20(23)15-18-9-4-2-5-10-18/h2,4-5,8-11,14,17H,3,6-7,12-13,15-16H2,1H3. The van der Waals surface area contributed by atoms with Crippen molar-refractivity contribution in [3.63, 3.8) is 0 Å². The molecular weight excluding hydrogens is 312 g/mol. The highest BCUT2D eigenvalue weighted by molar-refractivity contribution is 5.81. The van der Waals surface area contributed by atoms with E-state index in [1.165, 1.54) is 0 Å². The fraction of sp³-hybridized carbons (Fsp3) is 0.364. The molecule has 0 aliphatic rings. The van der Waals surface area contributed by atoms with E-state index < -0.39 is 0 Å². The quantitative estimate of drug-likeness (QED) is 0.564. The lowest BCUT2D eigenvalue weighted by Gasteiger charge is -2.05. The summed E-state index contributed by atoms with van der Waals surface area (Å²) in [5.74, 6) is 1.29. The molecule has 0 bridgehead atoms. The molecule has 0 aliphatic carbocycles. The zero-order valence-electron chi connectivity index (χ0n) is 14.9. The minimum atomic E-state index is 0.240. The highest BCUT2D eigenvalue weighted by Crippen LogP contribution is 2.14. The van der Waals surface area contributed by atoms with Crippen molar-refractivity contribution in [2.24, 2.45) is 0 Å². The van der Waals surface area contributed by atoms with Crippen LogP contribution in [0.2, 0.25) is 0 Å². The lowest BCUT2D eigenvalue weighted by molar-refractivity contribution is -0.118. The fourth-order valence-electron chi connectivity index (χ4n) is 2.83. The smallest absolute Gasteiger partial charge is 0.137 e. The maximum Gasteiger partial charge on any atom is 0.137 e. The second kappa shape index (κ2) is 10.4. The predicted octanol–water partition coefficient (Wildman–Crippen LogP) is 4.57. The summed E-state index contributed by atoms with van der Waals surface area (Å²) >= 11 is 0. The first-order chi connectivity index (χ1) is 12.2. The summed E-state index contributed by atoms with van der Waals surface area (Å²) in [6, 6.07) is 17.5. The second-order valence-electron chi connectivity index (χ2n) is 6.33. The van der Waals surface area contributed by atoms with Gasteiger partial charge in [-0.05, 0) is 36.1 Å². The SMILES string of the molecule is COc1cccc(CC(=O)CCCCCC(=O)Cc2ccccc2)c1. The Labute approximate surface area is 150 Å². The van der Waals surface area contributed by atoms with Crippen LogP contribution in [0.5, 0.6) is 5.75 Å². The van der Waals surface area contributed by atoms with E-state index in [0.29, 0.717) is 25.7 Å². The van der Waals surface area contributed by atoms with Crippen molar-refractivity contribution in [1.82, 2.24) is 0 Å². The van der Waals surface area contributed by atoms with Crippen LogP contribution >= 0.6 is 0 Å². The number of benzene rings is 2. The molecule has 0 amide bonds. The Hall–Kier alpha value is -2.42. The van der Waals surface area contributed by atoms with Gasteiger partial charge in [-0.2, -0.15) is 0 Å². The molecule has 0 aromatic heterocycles. The Bertz CT molecular complexity index is 677. The first-order valence-electron chi connectivity index (χ1n) is 8.87. The third-order valence-corrected chi connectivity index (χ3v) is 4.19. The topological polar surface area (TPSA) is 43.4 Å². The number of carbonyl (C=O) groups is 2. The van der Waals surface area contributed by atoms with Gasteiger partial charge < -0.3 is 4.74 Å². The first-order valence-corrected chi connectivity index (χ1v) is 8.87. The van der Waals surface area contributed by atoms with E-state index in [4.69, 9.17) is 4.74 Å². The van der Waals surface area contributed by atoms with Gasteiger partial charge in [0, 0.05) is 25.7 Å². The zero-order chi connectivity index (χ0) is 17.9. The molecular formula is C22H26O3. The van der Waals surface area contributed by atoms with E-state index in [1.54, 1.807) is 7.11 Å². The molecule has 0 N–H and O–H groups in total. The van der Waals surface area contributed by atoms with Gasteiger partial charge in [0.25, 0.3) is 0 Å². The summed E-state index contributed by atoms with van der Waals surface area (Å²) in [7, 11) is 1.63. The lowest BCUT2D eigenvalue weighted by Crippen LogP contribution is -2.04. The fourth-order valence-corrected chi connectivity index (χ4v) is 2.83. The van der Waals surface area contributed by atoms with Crippen LogP contribution in [-0.2, 0) is 22.4 Å². The molecule has 0 spiro atoms. The van der Waals surface area contributed by atoms with Crippen LogP contribution < -0.4 is 4.74 Å². The molecule has 2 rings (SSSR count). The average Bonchev–Trinajstić information content (AvgIpc) is 2.62. The van der Waals surface area contributed by atoms with Gasteiger partial charge in [0.2, 0.25) is 0 Å². The van der Waals surface area contributed by atoms with Crippen molar-refractivity contribution in [3.8, 4) is 5.75 Å². The van der Waals surface area contributed by atoms with Crippen LogP contribution in [0.25, 0.3) is 0 Å². The Morgan fingerprint density at radius 2 is 1.36 bits per heavy atom. The summed E-state index contributed by atoms with van der Waals surface area (Å²) in [5, 5.41) is 0. The van der Waals surface area contributed by atoms with Gasteiger partial charge in [0.15, 0.2) is 0 Å². The molecule has 0 aliphatic heterocycles. The minimum Gasteiger partial charge on any atom is -0.497 e. The molecule has 0 unspecified atom stereocenters. The van der Waals surface area contributed by atoms with Crippen molar-refractivity contribution in [2.75, 3.05) is 7.11 Å². The van der Waals surface area contributed by atoms with Gasteiger partial charge in [-0.25, -0.2) is 0 Å². The van der Waals surface area contributed by atoms with Gasteiger partial charge in [-0.1, -0.05) is 48.9 Å². The van der Waals surface area contributed by atoms with Crippen molar-refractivity contribution >= 4 is 11.6 Å². The summed E-state index contributed by atoms with van der Waals surface area (Å²) in [6.45, 7) is 0. The summed E-state index contributed by atoms with van der Waals surface area (Å²) < 4.78 is 5.17. The number of rotatable bonds is 11. The molecule has 0 heterocycles. The molecule has 3 heteroatoms.